The summed E-state index contributed by atoms with van der Waals surface area (Å²) >= 11 is 0. The number of hydrogen-bond acceptors (Lipinski definition) is 4. The molecule has 5 nitrogen and oxygen atoms in total. The van der Waals surface area contributed by atoms with Gasteiger partial charge in [-0.05, 0) is 26.0 Å². The van der Waals surface area contributed by atoms with Gasteiger partial charge in [0.2, 0.25) is 5.91 Å². The van der Waals surface area contributed by atoms with Crippen LogP contribution in [0, 0.1) is 6.92 Å². The Morgan fingerprint density at radius 1 is 1.29 bits per heavy atom. The minimum absolute atomic E-state index is 0.475. The molecule has 24 heavy (non-hydrogen) atoms. The van der Waals surface area contributed by atoms with E-state index in [-0.39, 0.29) is 0 Å². The van der Waals surface area contributed by atoms with Crippen LogP contribution in [0.3, 0.4) is 0 Å². The maximum atomic E-state index is 12.1. The first-order valence-electron chi connectivity index (χ1n) is 7.36. The van der Waals surface area contributed by atoms with E-state index in [4.69, 9.17) is 0 Å². The Balaban J connectivity index is 2.05. The lowest BCUT2D eigenvalue weighted by molar-refractivity contribution is -0.144. The van der Waals surface area contributed by atoms with E-state index >= 15 is 0 Å². The van der Waals surface area contributed by atoms with Crippen molar-refractivity contribution >= 4 is 5.91 Å². The van der Waals surface area contributed by atoms with Crippen LogP contribution in [0.25, 0.3) is 11.4 Å². The summed E-state index contributed by atoms with van der Waals surface area (Å²) in [5.74, 6) is -0.133. The molecule has 0 aromatic carbocycles. The fourth-order valence-electron chi connectivity index (χ4n) is 2.19. The molecule has 0 aliphatic rings. The molecular weight excluding hydrogens is 321 g/mol. The zero-order valence-corrected chi connectivity index (χ0v) is 13.3. The second-order valence-corrected chi connectivity index (χ2v) is 5.37. The third-order valence-electron chi connectivity index (χ3n) is 3.44. The maximum Gasteiger partial charge on any atom is 0.389 e. The van der Waals surface area contributed by atoms with Crippen molar-refractivity contribution in [1.82, 2.24) is 20.3 Å². The number of carbonyl (C=O) groups excluding carboxylic acids is 1. The number of hydrogen-bond donors (Lipinski definition) is 1. The van der Waals surface area contributed by atoms with Gasteiger partial charge in [-0.3, -0.25) is 9.78 Å². The maximum absolute atomic E-state index is 12.1. The van der Waals surface area contributed by atoms with Crippen LogP contribution in [-0.2, 0) is 4.79 Å². The summed E-state index contributed by atoms with van der Waals surface area (Å²) < 4.78 is 36.4. The highest BCUT2D eigenvalue weighted by Gasteiger charge is 2.28. The van der Waals surface area contributed by atoms with Crippen LogP contribution in [0.2, 0.25) is 0 Å². The molecule has 0 aliphatic heterocycles. The molecule has 0 fully saturated rings. The van der Waals surface area contributed by atoms with Gasteiger partial charge in [-0.2, -0.15) is 13.2 Å². The van der Waals surface area contributed by atoms with Crippen LogP contribution in [0.1, 0.15) is 37.1 Å². The second-order valence-electron chi connectivity index (χ2n) is 5.37. The zero-order valence-electron chi connectivity index (χ0n) is 13.3. The van der Waals surface area contributed by atoms with Crippen molar-refractivity contribution in [3.05, 3.63) is 42.0 Å². The predicted molar refractivity (Wildman–Crippen MR) is 81.8 cm³/mol. The summed E-state index contributed by atoms with van der Waals surface area (Å²) in [6.07, 6.45) is -1.24. The lowest BCUT2D eigenvalue weighted by atomic mass is 10.1. The quantitative estimate of drug-likeness (QED) is 0.908. The van der Waals surface area contributed by atoms with Gasteiger partial charge in [0.05, 0.1) is 12.5 Å². The van der Waals surface area contributed by atoms with E-state index in [2.05, 4.69) is 20.3 Å². The molecule has 0 radical (unpaired) electrons. The number of alkyl halides is 3. The summed E-state index contributed by atoms with van der Waals surface area (Å²) in [6, 6.07) is 3.07. The first-order chi connectivity index (χ1) is 11.3. The average Bonchev–Trinajstić information content (AvgIpc) is 2.53. The molecule has 2 heterocycles. The summed E-state index contributed by atoms with van der Waals surface area (Å²) in [7, 11) is 0. The molecule has 0 unspecified atom stereocenters. The Labute approximate surface area is 137 Å². The zero-order chi connectivity index (χ0) is 17.7. The Kier molecular flexibility index (Phi) is 5.48. The molecule has 0 bridgehead atoms. The van der Waals surface area contributed by atoms with Crippen molar-refractivity contribution < 1.29 is 18.0 Å². The van der Waals surface area contributed by atoms with Gasteiger partial charge in [0, 0.05) is 41.8 Å². The molecule has 0 aliphatic carbocycles. The van der Waals surface area contributed by atoms with Crippen LogP contribution >= 0.6 is 0 Å². The molecule has 1 amide bonds. The number of aromatic nitrogens is 3. The average molecular weight is 338 g/mol. The van der Waals surface area contributed by atoms with E-state index in [1.165, 1.54) is 0 Å². The fourth-order valence-corrected chi connectivity index (χ4v) is 2.19. The number of pyridine rings is 1. The molecule has 0 spiro atoms. The Bertz CT molecular complexity index is 704. The van der Waals surface area contributed by atoms with Gasteiger partial charge in [0.1, 0.15) is 0 Å². The number of rotatable bonds is 5. The first-order valence-corrected chi connectivity index (χ1v) is 7.36. The predicted octanol–water partition coefficient (Wildman–Crippen LogP) is 3.37. The lowest BCUT2D eigenvalue weighted by Crippen LogP contribution is -2.28. The van der Waals surface area contributed by atoms with E-state index in [0.29, 0.717) is 17.1 Å². The van der Waals surface area contributed by atoms with E-state index in [9.17, 15) is 18.0 Å². The topological polar surface area (TPSA) is 67.8 Å². The molecule has 2 aromatic rings. The Morgan fingerprint density at radius 3 is 2.54 bits per heavy atom. The van der Waals surface area contributed by atoms with Gasteiger partial charge in [0.15, 0.2) is 5.82 Å². The molecule has 1 N–H and O–H groups in total. The van der Waals surface area contributed by atoms with E-state index in [1.807, 2.05) is 0 Å². The largest absolute Gasteiger partial charge is 0.389 e. The molecule has 0 saturated heterocycles. The Morgan fingerprint density at radius 2 is 1.96 bits per heavy atom. The minimum atomic E-state index is -4.34. The molecule has 2 aromatic heterocycles. The summed E-state index contributed by atoms with van der Waals surface area (Å²) in [5, 5.41) is 2.54. The fraction of sp³-hybridized carbons (Fsp3) is 0.375. The van der Waals surface area contributed by atoms with Crippen LogP contribution in [-0.4, -0.2) is 27.0 Å². The molecule has 8 heteroatoms. The van der Waals surface area contributed by atoms with E-state index in [0.717, 1.165) is 5.56 Å². The molecular formula is C16H17F3N4O. The van der Waals surface area contributed by atoms with E-state index < -0.39 is 31.0 Å². The van der Waals surface area contributed by atoms with Crippen LogP contribution in [0.5, 0.6) is 0 Å². The minimum Gasteiger partial charge on any atom is -0.349 e. The Hall–Kier alpha value is -2.51. The number of nitrogens with zero attached hydrogens (tertiary/aromatic N) is 3. The van der Waals surface area contributed by atoms with Crippen molar-refractivity contribution in [2.45, 2.75) is 38.9 Å². The molecule has 0 saturated carbocycles. The van der Waals surface area contributed by atoms with Gasteiger partial charge in [-0.25, -0.2) is 9.97 Å². The number of halogens is 3. The summed E-state index contributed by atoms with van der Waals surface area (Å²) in [5.41, 5.74) is 2.12. The van der Waals surface area contributed by atoms with Gasteiger partial charge in [0.25, 0.3) is 0 Å². The number of amides is 1. The molecule has 128 valence electrons. The van der Waals surface area contributed by atoms with Crippen molar-refractivity contribution in [2.24, 2.45) is 0 Å². The SMILES string of the molecule is Cc1nc(-c2ccncc2)ncc1[C@@H](C)NC(=O)CCC(F)(F)F. The third-order valence-corrected chi connectivity index (χ3v) is 3.44. The van der Waals surface area contributed by atoms with Gasteiger partial charge < -0.3 is 5.32 Å². The highest BCUT2D eigenvalue weighted by atomic mass is 19.4. The summed E-state index contributed by atoms with van der Waals surface area (Å²) in [4.78, 5) is 24.2. The number of nitrogens with one attached hydrogen (secondary N) is 1. The van der Waals surface area contributed by atoms with Crippen molar-refractivity contribution in [3.8, 4) is 11.4 Å². The van der Waals surface area contributed by atoms with Crippen molar-refractivity contribution in [1.29, 1.82) is 0 Å². The smallest absolute Gasteiger partial charge is 0.349 e. The van der Waals surface area contributed by atoms with Gasteiger partial charge >= 0.3 is 6.18 Å². The third kappa shape index (κ3) is 5.00. The van der Waals surface area contributed by atoms with Crippen molar-refractivity contribution in [3.63, 3.8) is 0 Å². The normalized spacial score (nSPS) is 12.7. The van der Waals surface area contributed by atoms with Crippen LogP contribution < -0.4 is 5.32 Å². The van der Waals surface area contributed by atoms with Crippen molar-refractivity contribution in [2.75, 3.05) is 0 Å². The number of aryl methyl sites for hydroxylation is 1. The second kappa shape index (κ2) is 7.37. The lowest BCUT2D eigenvalue weighted by Gasteiger charge is -2.16. The number of carbonyl (C=O) groups is 1. The highest BCUT2D eigenvalue weighted by molar-refractivity contribution is 5.76. The standard InChI is InChI=1S/C16H17F3N4O/c1-10(22-14(24)3-6-16(17,18)19)13-9-21-15(23-11(13)2)12-4-7-20-8-5-12/h4-5,7-10H,3,6H2,1-2H3,(H,22,24)/t10-/m1/s1. The molecule has 2 rings (SSSR count). The van der Waals surface area contributed by atoms with Crippen LogP contribution in [0.4, 0.5) is 13.2 Å². The first kappa shape index (κ1) is 17.8. The van der Waals surface area contributed by atoms with Gasteiger partial charge in [-0.15, -0.1) is 0 Å². The van der Waals surface area contributed by atoms with E-state index in [1.54, 1.807) is 44.6 Å². The highest BCUT2D eigenvalue weighted by Crippen LogP contribution is 2.22. The van der Waals surface area contributed by atoms with Crippen LogP contribution in [0.15, 0.2) is 30.7 Å². The summed E-state index contributed by atoms with van der Waals surface area (Å²) in [6.45, 7) is 3.45. The molecule has 1 atom stereocenters. The monoisotopic (exact) mass is 338 g/mol. The van der Waals surface area contributed by atoms with Gasteiger partial charge in [-0.1, -0.05) is 0 Å².